The van der Waals surface area contributed by atoms with Crippen molar-refractivity contribution < 1.29 is 80.2 Å². The summed E-state index contributed by atoms with van der Waals surface area (Å²) in [7, 11) is -9.97. The molecule has 0 aromatic heterocycles. The van der Waals surface area contributed by atoms with Crippen LogP contribution in [-0.4, -0.2) is 96.7 Å². The number of carbonyl (C=O) groups is 4. The number of phosphoric acid groups is 2. The average molecular weight is 1450 g/mol. The quantitative estimate of drug-likeness (QED) is 0.0128. The van der Waals surface area contributed by atoms with E-state index in [4.69, 9.17) is 37.0 Å². The van der Waals surface area contributed by atoms with Gasteiger partial charge in [0.2, 0.25) is 0 Å². The van der Waals surface area contributed by atoms with E-state index in [0.717, 1.165) is 128 Å². The molecule has 0 fully saturated rings. The number of hydrogen-bond acceptors (Lipinski definition) is 15. The van der Waals surface area contributed by atoms with Gasteiger partial charge in [-0.2, -0.15) is 0 Å². The number of aliphatic hydroxyl groups is 1. The summed E-state index contributed by atoms with van der Waals surface area (Å²) in [5.41, 5.74) is 0. The molecular formula is C81H142O17P2. The van der Waals surface area contributed by atoms with Crippen molar-refractivity contribution in [2.75, 3.05) is 39.6 Å². The topological polar surface area (TPSA) is 237 Å². The number of rotatable bonds is 74. The summed E-state index contributed by atoms with van der Waals surface area (Å²) in [6, 6.07) is 0. The van der Waals surface area contributed by atoms with Crippen molar-refractivity contribution in [3.8, 4) is 0 Å². The van der Waals surface area contributed by atoms with Gasteiger partial charge in [-0.05, 0) is 122 Å². The second-order valence-corrected chi connectivity index (χ2v) is 29.2. The molecule has 0 saturated heterocycles. The lowest BCUT2D eigenvalue weighted by atomic mass is 10.0. The standard InChI is InChI=1S/C81H142O17P2/c1-5-9-13-17-21-25-29-33-36-37-40-42-46-50-54-58-62-66-79(84)92-72-77(98-81(86)68-64-60-56-52-48-44-39-35-31-27-23-19-15-11-7-3)74-96-100(89,90)94-70-75(82)69-93-99(87,88)95-73-76(71-91-78(83)65-61-57-53-49-45-41-32-28-24-20-16-12-8-4)97-80(85)67-63-59-55-51-47-43-38-34-30-26-22-18-14-10-6-2/h21,23,25-27,30,33-36,38-40,42,50,54,75-77,82H,5-20,22,24,28-29,31-32,37,41,43-49,51-53,55-74H2,1-4H3,(H,87,88)(H,89,90)/b25-21-,27-23-,30-26-,36-33-,38-34-,39-35-,42-40-,54-50-/t75-,76-,77-/m1/s1. The van der Waals surface area contributed by atoms with Gasteiger partial charge in [-0.1, -0.05) is 285 Å². The number of allylic oxidation sites excluding steroid dienone is 16. The summed E-state index contributed by atoms with van der Waals surface area (Å²) in [5, 5.41) is 10.6. The van der Waals surface area contributed by atoms with Gasteiger partial charge in [-0.25, -0.2) is 9.13 Å². The molecule has 19 heteroatoms. The second kappa shape index (κ2) is 73.3. The lowest BCUT2D eigenvalue weighted by Crippen LogP contribution is -2.30. The molecule has 0 amide bonds. The number of unbranched alkanes of at least 4 members (excludes halogenated alkanes) is 33. The third kappa shape index (κ3) is 72.3. The molecule has 100 heavy (non-hydrogen) atoms. The SMILES string of the molecule is CCCCC/C=C\C/C=C\C/C=C\C/C=C\CCCC(=O)OC[C@H](COP(=O)(O)OC[C@H](O)COP(=O)(O)OC[C@@H](COC(=O)CCCCCCCCCCCCCCC)OC(=O)CCCCCCC/C=C\C=C/CCCCCC)OC(=O)CCCCCCC/C=C\C/C=C\CCCCC. The largest absolute Gasteiger partial charge is 0.472 e. The molecule has 0 rings (SSSR count). The Kier molecular flexibility index (Phi) is 70.4. The van der Waals surface area contributed by atoms with E-state index in [-0.39, 0.29) is 25.7 Å². The Morgan fingerprint density at radius 3 is 0.880 bits per heavy atom. The fourth-order valence-electron chi connectivity index (χ4n) is 10.5. The summed E-state index contributed by atoms with van der Waals surface area (Å²) < 4.78 is 68.5. The maximum Gasteiger partial charge on any atom is 0.472 e. The molecule has 0 radical (unpaired) electrons. The highest BCUT2D eigenvalue weighted by molar-refractivity contribution is 7.47. The van der Waals surface area contributed by atoms with Crippen LogP contribution in [0.2, 0.25) is 0 Å². The highest BCUT2D eigenvalue weighted by atomic mass is 31.2. The molecule has 0 bridgehead atoms. The lowest BCUT2D eigenvalue weighted by molar-refractivity contribution is -0.161. The first kappa shape index (κ1) is 96.0. The van der Waals surface area contributed by atoms with Crippen molar-refractivity contribution in [2.45, 2.75) is 354 Å². The van der Waals surface area contributed by atoms with E-state index in [0.29, 0.717) is 32.1 Å². The predicted octanol–water partition coefficient (Wildman–Crippen LogP) is 22.8. The number of phosphoric ester groups is 2. The zero-order chi connectivity index (χ0) is 73.2. The van der Waals surface area contributed by atoms with E-state index in [2.05, 4.69) is 113 Å². The number of hydrogen-bond donors (Lipinski definition) is 3. The molecule has 0 aromatic rings. The molecule has 0 aromatic carbocycles. The minimum atomic E-state index is -4.99. The molecule has 0 spiro atoms. The van der Waals surface area contributed by atoms with E-state index in [9.17, 15) is 43.2 Å². The van der Waals surface area contributed by atoms with Crippen molar-refractivity contribution in [1.82, 2.24) is 0 Å². The minimum Gasteiger partial charge on any atom is -0.462 e. The monoisotopic (exact) mass is 1450 g/mol. The van der Waals surface area contributed by atoms with Crippen LogP contribution in [0.15, 0.2) is 97.2 Å². The molecule has 0 aliphatic rings. The molecule has 3 N–H and O–H groups in total. The van der Waals surface area contributed by atoms with Gasteiger partial charge in [0.1, 0.15) is 19.3 Å². The molecule has 17 nitrogen and oxygen atoms in total. The van der Waals surface area contributed by atoms with Crippen molar-refractivity contribution in [3.05, 3.63) is 97.2 Å². The molecule has 0 heterocycles. The minimum absolute atomic E-state index is 0.0671. The number of esters is 4. The van der Waals surface area contributed by atoms with Gasteiger partial charge >= 0.3 is 39.5 Å². The third-order valence-corrected chi connectivity index (χ3v) is 18.4. The van der Waals surface area contributed by atoms with Gasteiger partial charge in [0.15, 0.2) is 12.2 Å². The van der Waals surface area contributed by atoms with Crippen molar-refractivity contribution in [1.29, 1.82) is 0 Å². The first-order chi connectivity index (χ1) is 48.7. The van der Waals surface area contributed by atoms with E-state index in [1.54, 1.807) is 0 Å². The zero-order valence-electron chi connectivity index (χ0n) is 63.1. The lowest BCUT2D eigenvalue weighted by Gasteiger charge is -2.21. The maximum absolute atomic E-state index is 13.1. The summed E-state index contributed by atoms with van der Waals surface area (Å²) in [6.45, 7) is 4.74. The van der Waals surface area contributed by atoms with Crippen LogP contribution in [0.25, 0.3) is 0 Å². The maximum atomic E-state index is 13.1. The van der Waals surface area contributed by atoms with Crippen LogP contribution < -0.4 is 0 Å². The molecule has 0 aliphatic heterocycles. The Labute approximate surface area is 607 Å². The van der Waals surface area contributed by atoms with Crippen LogP contribution in [0.1, 0.15) is 336 Å². The second-order valence-electron chi connectivity index (χ2n) is 26.3. The van der Waals surface area contributed by atoms with Crippen LogP contribution in [0.5, 0.6) is 0 Å². The van der Waals surface area contributed by atoms with Crippen LogP contribution >= 0.6 is 15.6 Å². The molecule has 0 aliphatic carbocycles. The molecule has 2 unspecified atom stereocenters. The third-order valence-electron chi connectivity index (χ3n) is 16.5. The molecule has 578 valence electrons. The fourth-order valence-corrected chi connectivity index (χ4v) is 12.0. The molecule has 0 saturated carbocycles. The Balaban J connectivity index is 5.41. The van der Waals surface area contributed by atoms with Gasteiger partial charge in [0.25, 0.3) is 0 Å². The predicted molar refractivity (Wildman–Crippen MR) is 409 cm³/mol. The van der Waals surface area contributed by atoms with E-state index in [1.807, 2.05) is 12.2 Å². The van der Waals surface area contributed by atoms with Crippen LogP contribution in [-0.2, 0) is 65.4 Å². The van der Waals surface area contributed by atoms with E-state index in [1.165, 1.54) is 122 Å². The number of carbonyl (C=O) groups excluding carboxylic acids is 4. The van der Waals surface area contributed by atoms with E-state index >= 15 is 0 Å². The Hall–Kier alpha value is -4.02. The smallest absolute Gasteiger partial charge is 0.462 e. The van der Waals surface area contributed by atoms with Crippen LogP contribution in [0, 0.1) is 0 Å². The summed E-state index contributed by atoms with van der Waals surface area (Å²) in [5.74, 6) is -2.26. The highest BCUT2D eigenvalue weighted by Gasteiger charge is 2.30. The van der Waals surface area contributed by atoms with Crippen molar-refractivity contribution in [3.63, 3.8) is 0 Å². The van der Waals surface area contributed by atoms with Crippen molar-refractivity contribution in [2.24, 2.45) is 0 Å². The van der Waals surface area contributed by atoms with E-state index < -0.39 is 97.5 Å². The van der Waals surface area contributed by atoms with Crippen LogP contribution in [0.3, 0.4) is 0 Å². The number of aliphatic hydroxyl groups excluding tert-OH is 1. The highest BCUT2D eigenvalue weighted by Crippen LogP contribution is 2.45. The van der Waals surface area contributed by atoms with Gasteiger partial charge in [0.05, 0.1) is 26.4 Å². The van der Waals surface area contributed by atoms with Gasteiger partial charge in [-0.15, -0.1) is 0 Å². The van der Waals surface area contributed by atoms with Gasteiger partial charge < -0.3 is 33.8 Å². The average Bonchev–Trinajstić information content (AvgIpc) is 0.945. The van der Waals surface area contributed by atoms with Crippen molar-refractivity contribution >= 4 is 39.5 Å². The zero-order valence-corrected chi connectivity index (χ0v) is 64.9. The number of ether oxygens (including phenoxy) is 4. The first-order valence-electron chi connectivity index (χ1n) is 39.5. The Morgan fingerprint density at radius 2 is 0.530 bits per heavy atom. The first-order valence-corrected chi connectivity index (χ1v) is 42.5. The Bertz CT molecular complexity index is 2270. The summed E-state index contributed by atoms with van der Waals surface area (Å²) in [4.78, 5) is 72.9. The van der Waals surface area contributed by atoms with Gasteiger partial charge in [0, 0.05) is 25.7 Å². The molecule has 5 atom stereocenters. The summed E-state index contributed by atoms with van der Waals surface area (Å²) >= 11 is 0. The molecular weight excluding hydrogens is 1310 g/mol. The summed E-state index contributed by atoms with van der Waals surface area (Å²) in [6.07, 6.45) is 76.8. The van der Waals surface area contributed by atoms with Gasteiger partial charge in [-0.3, -0.25) is 37.3 Å². The fraction of sp³-hybridized carbons (Fsp3) is 0.753. The normalized spacial score (nSPS) is 14.4. The Morgan fingerprint density at radius 1 is 0.290 bits per heavy atom. The van der Waals surface area contributed by atoms with Crippen LogP contribution in [0.4, 0.5) is 0 Å².